The number of carbonyl (C=O) groups is 1. The van der Waals surface area contributed by atoms with Crippen molar-refractivity contribution in [3.8, 4) is 5.69 Å². The fourth-order valence-corrected chi connectivity index (χ4v) is 6.13. The van der Waals surface area contributed by atoms with Crippen LogP contribution < -0.4 is 4.80 Å². The van der Waals surface area contributed by atoms with Gasteiger partial charge in [0, 0.05) is 10.8 Å². The van der Waals surface area contributed by atoms with Crippen LogP contribution in [-0.4, -0.2) is 21.3 Å². The molecule has 8 rings (SSSR count). The minimum atomic E-state index is -0.318. The maximum Gasteiger partial charge on any atom is 0.258 e. The number of furan rings is 2. The first-order chi connectivity index (χ1) is 21.1. The van der Waals surface area contributed by atoms with Crippen molar-refractivity contribution in [3.63, 3.8) is 0 Å². The summed E-state index contributed by atoms with van der Waals surface area (Å²) < 4.78 is 13.7. The number of carbonyl (C=O) groups excluding carboxylic acids is 1. The van der Waals surface area contributed by atoms with Crippen molar-refractivity contribution >= 4 is 66.3 Å². The molecular formula is C35H22N4O3S. The average Bonchev–Trinajstić information content (AvgIpc) is 3.81. The molecule has 0 amide bonds. The number of ketones is 1. The van der Waals surface area contributed by atoms with E-state index in [1.54, 1.807) is 10.7 Å². The van der Waals surface area contributed by atoms with Gasteiger partial charge in [0.15, 0.2) is 16.5 Å². The van der Waals surface area contributed by atoms with Gasteiger partial charge in [-0.1, -0.05) is 90.2 Å². The maximum atomic E-state index is 13.7. The molecule has 8 aromatic rings. The van der Waals surface area contributed by atoms with Crippen LogP contribution in [0.3, 0.4) is 0 Å². The quantitative estimate of drug-likeness (QED) is 0.117. The van der Waals surface area contributed by atoms with Crippen LogP contribution in [0, 0.1) is 0 Å². The highest BCUT2D eigenvalue weighted by Crippen LogP contribution is 2.30. The van der Waals surface area contributed by atoms with Crippen molar-refractivity contribution in [2.24, 2.45) is 10.2 Å². The van der Waals surface area contributed by atoms with Crippen molar-refractivity contribution in [3.05, 3.63) is 137 Å². The summed E-state index contributed by atoms with van der Waals surface area (Å²) in [7, 11) is 0. The van der Waals surface area contributed by atoms with Crippen LogP contribution in [0.2, 0.25) is 0 Å². The summed E-state index contributed by atoms with van der Waals surface area (Å²) in [5.41, 5.74) is 2.80. The van der Waals surface area contributed by atoms with Crippen LogP contribution in [-0.2, 0) is 0 Å². The second kappa shape index (κ2) is 10.0. The molecular weight excluding hydrogens is 556 g/mol. The second-order valence-corrected chi connectivity index (χ2v) is 11.1. The Morgan fingerprint density at radius 3 is 1.95 bits per heavy atom. The topological polar surface area (TPSA) is 85.9 Å². The molecule has 0 aliphatic heterocycles. The van der Waals surface area contributed by atoms with Crippen molar-refractivity contribution in [2.45, 2.75) is 6.92 Å². The highest BCUT2D eigenvalue weighted by molar-refractivity contribution is 7.11. The molecule has 206 valence electrons. The van der Waals surface area contributed by atoms with Crippen LogP contribution in [0.1, 0.15) is 28.2 Å². The van der Waals surface area contributed by atoms with E-state index in [0.29, 0.717) is 21.9 Å². The predicted octanol–water partition coefficient (Wildman–Crippen LogP) is 8.29. The van der Waals surface area contributed by atoms with Crippen molar-refractivity contribution in [1.29, 1.82) is 0 Å². The zero-order valence-corrected chi connectivity index (χ0v) is 23.7. The Morgan fingerprint density at radius 2 is 1.28 bits per heavy atom. The summed E-state index contributed by atoms with van der Waals surface area (Å²) in [5, 5.41) is 20.2. The zero-order chi connectivity index (χ0) is 28.9. The lowest BCUT2D eigenvalue weighted by Crippen LogP contribution is -2.14. The summed E-state index contributed by atoms with van der Waals surface area (Å²) in [6.45, 7) is 1.85. The Labute approximate surface area is 248 Å². The Balaban J connectivity index is 1.21. The lowest BCUT2D eigenvalue weighted by Gasteiger charge is -1.99. The lowest BCUT2D eigenvalue weighted by atomic mass is 10.1. The first-order valence-corrected chi connectivity index (χ1v) is 14.6. The summed E-state index contributed by atoms with van der Waals surface area (Å²) in [6.07, 6.45) is 0. The average molecular weight is 579 g/mol. The van der Waals surface area contributed by atoms with E-state index in [-0.39, 0.29) is 16.6 Å². The summed E-state index contributed by atoms with van der Waals surface area (Å²) in [6, 6.07) is 37.4. The van der Waals surface area contributed by atoms with Crippen molar-refractivity contribution in [1.82, 2.24) is 9.78 Å². The van der Waals surface area contributed by atoms with Crippen LogP contribution in [0.5, 0.6) is 0 Å². The van der Waals surface area contributed by atoms with Gasteiger partial charge in [-0.3, -0.25) is 4.79 Å². The number of aromatic nitrogens is 2. The van der Waals surface area contributed by atoms with Gasteiger partial charge in [-0.05, 0) is 64.9 Å². The third kappa shape index (κ3) is 4.36. The Hall–Kier alpha value is -5.60. The monoisotopic (exact) mass is 578 g/mol. The summed E-state index contributed by atoms with van der Waals surface area (Å²) in [4.78, 5) is 14.1. The van der Waals surface area contributed by atoms with E-state index in [1.165, 1.54) is 0 Å². The number of rotatable bonds is 5. The molecule has 0 unspecified atom stereocenters. The highest BCUT2D eigenvalue weighted by atomic mass is 32.1. The Kier molecular flexibility index (Phi) is 5.87. The van der Waals surface area contributed by atoms with Crippen molar-refractivity contribution < 1.29 is 13.6 Å². The predicted molar refractivity (Wildman–Crippen MR) is 170 cm³/mol. The Bertz CT molecular complexity index is 2440. The molecule has 0 spiro atoms. The molecule has 0 aliphatic rings. The molecule has 0 saturated heterocycles. The fourth-order valence-electron chi connectivity index (χ4n) is 5.32. The molecule has 3 heterocycles. The molecule has 0 aliphatic carbocycles. The molecule has 5 aromatic carbocycles. The molecule has 8 heteroatoms. The van der Waals surface area contributed by atoms with Gasteiger partial charge in [-0.2, -0.15) is 5.10 Å². The van der Waals surface area contributed by atoms with Gasteiger partial charge in [0.1, 0.15) is 16.9 Å². The summed E-state index contributed by atoms with van der Waals surface area (Å²) >= 11 is 1.15. The van der Waals surface area contributed by atoms with E-state index in [2.05, 4.69) is 27.4 Å². The van der Waals surface area contributed by atoms with Gasteiger partial charge < -0.3 is 8.83 Å². The van der Waals surface area contributed by atoms with Crippen LogP contribution >= 0.6 is 11.3 Å². The molecule has 0 fully saturated rings. The maximum absolute atomic E-state index is 13.7. The third-order valence-electron chi connectivity index (χ3n) is 7.47. The lowest BCUT2D eigenvalue weighted by molar-refractivity contribution is 0.101. The molecule has 0 N–H and O–H groups in total. The van der Waals surface area contributed by atoms with E-state index in [0.717, 1.165) is 54.9 Å². The van der Waals surface area contributed by atoms with Crippen LogP contribution in [0.25, 0.3) is 49.2 Å². The minimum Gasteiger partial charge on any atom is -0.455 e. The fraction of sp³-hybridized carbons (Fsp3) is 0.0286. The standard InChI is InChI=1S/C35H22N4O3S/c1-21(31-19-27-25-13-7-5-9-22(25)15-17-29(27)41-31)36-37-35-39(24-11-3-2-4-12-24)38-34(43-35)33(40)32-20-28-26-14-8-6-10-23(26)16-18-30(28)42-32/h2-20H,1H3/b36-21-,37-35-. The van der Waals surface area contributed by atoms with E-state index in [9.17, 15) is 4.79 Å². The molecule has 3 aromatic heterocycles. The van der Waals surface area contributed by atoms with E-state index in [4.69, 9.17) is 8.83 Å². The van der Waals surface area contributed by atoms with Gasteiger partial charge in [-0.15, -0.1) is 10.2 Å². The number of fused-ring (bicyclic) bond motifs is 6. The molecule has 0 bridgehead atoms. The number of hydrogen-bond acceptors (Lipinski definition) is 7. The van der Waals surface area contributed by atoms with Crippen molar-refractivity contribution in [2.75, 3.05) is 0 Å². The molecule has 7 nitrogen and oxygen atoms in total. The van der Waals surface area contributed by atoms with E-state index in [1.807, 2.05) is 104 Å². The van der Waals surface area contributed by atoms with E-state index < -0.39 is 0 Å². The van der Waals surface area contributed by atoms with Gasteiger partial charge in [0.05, 0.1) is 5.69 Å². The number of benzene rings is 5. The third-order valence-corrected chi connectivity index (χ3v) is 8.37. The number of nitrogens with zero attached hydrogens (tertiary/aromatic N) is 4. The van der Waals surface area contributed by atoms with Gasteiger partial charge in [-0.25, -0.2) is 4.68 Å². The minimum absolute atomic E-state index is 0.223. The van der Waals surface area contributed by atoms with E-state index >= 15 is 0 Å². The summed E-state index contributed by atoms with van der Waals surface area (Å²) in [5.74, 6) is 0.527. The van der Waals surface area contributed by atoms with Crippen LogP contribution in [0.15, 0.2) is 134 Å². The molecule has 0 radical (unpaired) electrons. The highest BCUT2D eigenvalue weighted by Gasteiger charge is 2.21. The second-order valence-electron chi connectivity index (χ2n) is 10.2. The van der Waals surface area contributed by atoms with Crippen LogP contribution in [0.4, 0.5) is 0 Å². The Morgan fingerprint density at radius 1 is 0.698 bits per heavy atom. The SMILES string of the molecule is C/C(=N/N=c1\sc(C(=O)c2cc3c(ccc4ccccc43)o2)nn1-c1ccccc1)c1cc2c(ccc3ccccc32)o1. The largest absolute Gasteiger partial charge is 0.455 e. The molecule has 0 atom stereocenters. The molecule has 43 heavy (non-hydrogen) atoms. The zero-order valence-electron chi connectivity index (χ0n) is 22.9. The van der Waals surface area contributed by atoms with Gasteiger partial charge >= 0.3 is 0 Å². The molecule has 0 saturated carbocycles. The first kappa shape index (κ1) is 25.1. The number of hydrogen-bond donors (Lipinski definition) is 0. The van der Waals surface area contributed by atoms with Gasteiger partial charge in [0.25, 0.3) is 5.78 Å². The van der Waals surface area contributed by atoms with Gasteiger partial charge in [0.2, 0.25) is 4.80 Å². The normalized spacial score (nSPS) is 12.7. The number of para-hydroxylation sites is 1. The first-order valence-electron chi connectivity index (χ1n) is 13.7. The smallest absolute Gasteiger partial charge is 0.258 e.